The Morgan fingerprint density at radius 3 is 2.00 bits per heavy atom. The van der Waals surface area contributed by atoms with Crippen molar-refractivity contribution in [2.24, 2.45) is 5.92 Å². The maximum Gasteiger partial charge on any atom is 0.327 e. The molecule has 0 aromatic rings. The average Bonchev–Trinajstić information content (AvgIpc) is 2.45. The van der Waals surface area contributed by atoms with E-state index in [2.05, 4.69) is 13.8 Å². The molecule has 0 aromatic carbocycles. The summed E-state index contributed by atoms with van der Waals surface area (Å²) in [4.78, 5) is 10.3. The lowest BCUT2D eigenvalue weighted by Crippen LogP contribution is -1.95. The third kappa shape index (κ3) is 17.2. The fraction of sp³-hybridized carbons (Fsp3) is 0.842. The standard InChI is InChI=1S/C19H36O2/c1-3-4-5-6-7-9-12-15-18(2)16-13-10-8-11-14-17-19(20)21/h14,17-18H,3-13,15-16H2,1-2H3,(H,20,21)/b17-14+. The van der Waals surface area contributed by atoms with Gasteiger partial charge in [-0.3, -0.25) is 0 Å². The van der Waals surface area contributed by atoms with Crippen LogP contribution in [-0.2, 0) is 4.79 Å². The Bertz CT molecular complexity index is 258. The summed E-state index contributed by atoms with van der Waals surface area (Å²) in [5, 5.41) is 8.47. The van der Waals surface area contributed by atoms with Gasteiger partial charge in [-0.15, -0.1) is 0 Å². The topological polar surface area (TPSA) is 37.3 Å². The van der Waals surface area contributed by atoms with Crippen LogP contribution in [-0.4, -0.2) is 11.1 Å². The number of hydrogen-bond acceptors (Lipinski definition) is 1. The first-order valence-corrected chi connectivity index (χ1v) is 9.06. The largest absolute Gasteiger partial charge is 0.478 e. The zero-order valence-electron chi connectivity index (χ0n) is 14.3. The Kier molecular flexibility index (Phi) is 15.0. The van der Waals surface area contributed by atoms with Crippen LogP contribution in [0.15, 0.2) is 12.2 Å². The van der Waals surface area contributed by atoms with Crippen LogP contribution < -0.4 is 0 Å². The molecule has 0 saturated carbocycles. The monoisotopic (exact) mass is 296 g/mol. The first-order chi connectivity index (χ1) is 10.2. The van der Waals surface area contributed by atoms with Crippen LogP contribution in [0.4, 0.5) is 0 Å². The van der Waals surface area contributed by atoms with Gasteiger partial charge in [0.15, 0.2) is 0 Å². The highest BCUT2D eigenvalue weighted by Gasteiger charge is 2.01. The first-order valence-electron chi connectivity index (χ1n) is 9.06. The molecular formula is C19H36O2. The van der Waals surface area contributed by atoms with Gasteiger partial charge in [-0.1, -0.05) is 90.6 Å². The number of aliphatic carboxylic acids is 1. The van der Waals surface area contributed by atoms with E-state index in [0.717, 1.165) is 18.8 Å². The van der Waals surface area contributed by atoms with Gasteiger partial charge in [0.2, 0.25) is 0 Å². The van der Waals surface area contributed by atoms with E-state index in [-0.39, 0.29) is 0 Å². The molecule has 0 aromatic heterocycles. The van der Waals surface area contributed by atoms with E-state index in [1.807, 2.05) is 0 Å². The molecule has 2 nitrogen and oxygen atoms in total. The van der Waals surface area contributed by atoms with Crippen molar-refractivity contribution in [1.82, 2.24) is 0 Å². The third-order valence-electron chi connectivity index (χ3n) is 4.13. The summed E-state index contributed by atoms with van der Waals surface area (Å²) in [7, 11) is 0. The lowest BCUT2D eigenvalue weighted by atomic mass is 9.96. The summed E-state index contributed by atoms with van der Waals surface area (Å²) in [6.45, 7) is 4.64. The number of rotatable bonds is 15. The summed E-state index contributed by atoms with van der Waals surface area (Å²) < 4.78 is 0. The second kappa shape index (κ2) is 15.6. The molecule has 1 N–H and O–H groups in total. The number of hydrogen-bond donors (Lipinski definition) is 1. The van der Waals surface area contributed by atoms with Crippen LogP contribution in [0.2, 0.25) is 0 Å². The van der Waals surface area contributed by atoms with Crippen LogP contribution in [0.25, 0.3) is 0 Å². The molecule has 0 amide bonds. The molecule has 1 unspecified atom stereocenters. The highest BCUT2D eigenvalue weighted by atomic mass is 16.4. The summed E-state index contributed by atoms with van der Waals surface area (Å²) in [5.41, 5.74) is 0. The van der Waals surface area contributed by atoms with Crippen LogP contribution in [0.1, 0.15) is 97.3 Å². The molecule has 0 saturated heterocycles. The zero-order chi connectivity index (χ0) is 15.8. The fourth-order valence-corrected chi connectivity index (χ4v) is 2.71. The van der Waals surface area contributed by atoms with Crippen LogP contribution in [0.5, 0.6) is 0 Å². The minimum atomic E-state index is -0.835. The van der Waals surface area contributed by atoms with Gasteiger partial charge in [-0.25, -0.2) is 4.79 Å². The lowest BCUT2D eigenvalue weighted by molar-refractivity contribution is -0.131. The molecule has 124 valence electrons. The minimum Gasteiger partial charge on any atom is -0.478 e. The number of carbonyl (C=O) groups is 1. The Morgan fingerprint density at radius 1 is 0.905 bits per heavy atom. The third-order valence-corrected chi connectivity index (χ3v) is 4.13. The van der Waals surface area contributed by atoms with Gasteiger partial charge >= 0.3 is 5.97 Å². The summed E-state index contributed by atoms with van der Waals surface area (Å²) in [5.74, 6) is 0.0218. The maximum atomic E-state index is 10.3. The molecule has 0 aliphatic carbocycles. The van der Waals surface area contributed by atoms with Crippen LogP contribution >= 0.6 is 0 Å². The van der Waals surface area contributed by atoms with Crippen molar-refractivity contribution < 1.29 is 9.90 Å². The van der Waals surface area contributed by atoms with Crippen molar-refractivity contribution in [3.05, 3.63) is 12.2 Å². The van der Waals surface area contributed by atoms with Gasteiger partial charge in [0.05, 0.1) is 0 Å². The van der Waals surface area contributed by atoms with Crippen molar-refractivity contribution in [3.63, 3.8) is 0 Å². The molecule has 21 heavy (non-hydrogen) atoms. The molecule has 0 radical (unpaired) electrons. The second-order valence-electron chi connectivity index (χ2n) is 6.39. The Morgan fingerprint density at radius 2 is 1.43 bits per heavy atom. The maximum absolute atomic E-state index is 10.3. The summed E-state index contributed by atoms with van der Waals surface area (Å²) >= 11 is 0. The van der Waals surface area contributed by atoms with Crippen molar-refractivity contribution >= 4 is 5.97 Å². The Balaban J connectivity index is 3.23. The van der Waals surface area contributed by atoms with E-state index >= 15 is 0 Å². The zero-order valence-corrected chi connectivity index (χ0v) is 14.3. The highest BCUT2D eigenvalue weighted by molar-refractivity contribution is 5.79. The van der Waals surface area contributed by atoms with Crippen LogP contribution in [0.3, 0.4) is 0 Å². The Hall–Kier alpha value is -0.790. The highest BCUT2D eigenvalue weighted by Crippen LogP contribution is 2.18. The smallest absolute Gasteiger partial charge is 0.327 e. The van der Waals surface area contributed by atoms with E-state index < -0.39 is 5.97 Å². The quantitative estimate of drug-likeness (QED) is 0.282. The molecule has 0 fully saturated rings. The van der Waals surface area contributed by atoms with E-state index in [0.29, 0.717) is 0 Å². The van der Waals surface area contributed by atoms with Gasteiger partial charge < -0.3 is 5.11 Å². The fourth-order valence-electron chi connectivity index (χ4n) is 2.71. The number of unbranched alkanes of at least 4 members (excludes halogenated alkanes) is 9. The molecule has 0 bridgehead atoms. The molecule has 0 rings (SSSR count). The predicted octanol–water partition coefficient (Wildman–Crippen LogP) is 6.35. The SMILES string of the molecule is CCCCCCCCCC(C)CCCCC/C=C/C(=O)O. The van der Waals surface area contributed by atoms with E-state index in [1.165, 1.54) is 76.7 Å². The van der Waals surface area contributed by atoms with Crippen molar-refractivity contribution in [2.75, 3.05) is 0 Å². The molecule has 2 heteroatoms. The average molecular weight is 296 g/mol. The van der Waals surface area contributed by atoms with Gasteiger partial charge in [0.25, 0.3) is 0 Å². The first kappa shape index (κ1) is 20.2. The van der Waals surface area contributed by atoms with E-state index in [9.17, 15) is 4.79 Å². The van der Waals surface area contributed by atoms with Crippen molar-refractivity contribution in [3.8, 4) is 0 Å². The number of carboxylic acids is 1. The molecule has 1 atom stereocenters. The van der Waals surface area contributed by atoms with Gasteiger partial charge in [-0.05, 0) is 18.8 Å². The predicted molar refractivity (Wildman–Crippen MR) is 91.6 cm³/mol. The summed E-state index contributed by atoms with van der Waals surface area (Å²) in [6, 6.07) is 0. The number of carboxylic acid groups (broad SMARTS) is 1. The van der Waals surface area contributed by atoms with Crippen LogP contribution in [0, 0.1) is 5.92 Å². The lowest BCUT2D eigenvalue weighted by Gasteiger charge is -2.10. The molecular weight excluding hydrogens is 260 g/mol. The van der Waals surface area contributed by atoms with Gasteiger partial charge in [0, 0.05) is 6.08 Å². The van der Waals surface area contributed by atoms with Crippen molar-refractivity contribution in [1.29, 1.82) is 0 Å². The van der Waals surface area contributed by atoms with Gasteiger partial charge in [-0.2, -0.15) is 0 Å². The Labute approximate surface area is 132 Å². The van der Waals surface area contributed by atoms with E-state index in [1.54, 1.807) is 6.08 Å². The molecule has 0 aliphatic heterocycles. The molecule has 0 heterocycles. The minimum absolute atomic E-state index is 0.835. The van der Waals surface area contributed by atoms with E-state index in [4.69, 9.17) is 5.11 Å². The van der Waals surface area contributed by atoms with Gasteiger partial charge in [0.1, 0.15) is 0 Å². The van der Waals surface area contributed by atoms with Crippen molar-refractivity contribution in [2.45, 2.75) is 97.3 Å². The number of allylic oxidation sites excluding steroid dienone is 1. The second-order valence-corrected chi connectivity index (χ2v) is 6.39. The molecule has 0 aliphatic rings. The summed E-state index contributed by atoms with van der Waals surface area (Å²) in [6.07, 6.45) is 20.1. The normalized spacial score (nSPS) is 12.9. The molecule has 0 spiro atoms.